The maximum Gasteiger partial charge on any atom is 0.0843 e. The zero-order valence-electron chi connectivity index (χ0n) is 11.6. The van der Waals surface area contributed by atoms with Gasteiger partial charge in [-0.2, -0.15) is 0 Å². The third-order valence-corrected chi connectivity index (χ3v) is 3.58. The summed E-state index contributed by atoms with van der Waals surface area (Å²) in [6, 6.07) is 9.14. The van der Waals surface area contributed by atoms with Crippen LogP contribution in [0.15, 0.2) is 24.3 Å². The van der Waals surface area contributed by atoms with Crippen molar-refractivity contribution in [3.63, 3.8) is 0 Å². The summed E-state index contributed by atoms with van der Waals surface area (Å²) in [5, 5.41) is 3.39. The summed E-state index contributed by atoms with van der Waals surface area (Å²) in [5.41, 5.74) is 2.83. The summed E-state index contributed by atoms with van der Waals surface area (Å²) in [5.74, 6) is 0. The molecule has 0 aliphatic carbocycles. The van der Waals surface area contributed by atoms with E-state index in [0.717, 1.165) is 26.0 Å². The summed E-state index contributed by atoms with van der Waals surface area (Å²) in [7, 11) is 6.25. The third-order valence-electron chi connectivity index (χ3n) is 3.58. The lowest BCUT2D eigenvalue weighted by molar-refractivity contribution is 0.0281. The highest BCUT2D eigenvalue weighted by Crippen LogP contribution is 2.30. The van der Waals surface area contributed by atoms with E-state index in [1.54, 1.807) is 0 Å². The Balaban J connectivity index is 2.06. The number of ether oxygens (including phenoxy) is 1. The average Bonchev–Trinajstić information content (AvgIpc) is 2.38. The SMILES string of the molecule is CNC(CC1OCCc2ccccc21)CN(C)C. The van der Waals surface area contributed by atoms with Crippen molar-refractivity contribution in [3.05, 3.63) is 35.4 Å². The van der Waals surface area contributed by atoms with Crippen molar-refractivity contribution >= 4 is 0 Å². The highest BCUT2D eigenvalue weighted by atomic mass is 16.5. The predicted molar refractivity (Wildman–Crippen MR) is 74.9 cm³/mol. The van der Waals surface area contributed by atoms with Gasteiger partial charge in [0.2, 0.25) is 0 Å². The van der Waals surface area contributed by atoms with Crippen LogP contribution < -0.4 is 5.32 Å². The largest absolute Gasteiger partial charge is 0.373 e. The second-order valence-corrected chi connectivity index (χ2v) is 5.29. The van der Waals surface area contributed by atoms with Gasteiger partial charge in [-0.3, -0.25) is 0 Å². The van der Waals surface area contributed by atoms with Crippen molar-refractivity contribution < 1.29 is 4.74 Å². The molecule has 3 heteroatoms. The Morgan fingerprint density at radius 2 is 2.17 bits per heavy atom. The van der Waals surface area contributed by atoms with Crippen LogP contribution in [0.2, 0.25) is 0 Å². The number of fused-ring (bicyclic) bond motifs is 1. The highest BCUT2D eigenvalue weighted by Gasteiger charge is 2.23. The Morgan fingerprint density at radius 1 is 1.39 bits per heavy atom. The number of nitrogens with one attached hydrogen (secondary N) is 1. The molecule has 1 aliphatic rings. The molecule has 2 rings (SSSR count). The first-order valence-electron chi connectivity index (χ1n) is 6.72. The number of likely N-dealkylation sites (N-methyl/N-ethyl adjacent to an activating group) is 2. The maximum atomic E-state index is 5.96. The van der Waals surface area contributed by atoms with Gasteiger partial charge in [-0.25, -0.2) is 0 Å². The van der Waals surface area contributed by atoms with Gasteiger partial charge in [0.25, 0.3) is 0 Å². The first-order chi connectivity index (χ1) is 8.70. The number of nitrogens with zero attached hydrogens (tertiary/aromatic N) is 1. The monoisotopic (exact) mass is 248 g/mol. The maximum absolute atomic E-state index is 5.96. The normalized spacial score (nSPS) is 20.8. The van der Waals surface area contributed by atoms with Crippen molar-refractivity contribution in [3.8, 4) is 0 Å². The zero-order valence-corrected chi connectivity index (χ0v) is 11.6. The topological polar surface area (TPSA) is 24.5 Å². The standard InChI is InChI=1S/C15H24N2O/c1-16-13(11-17(2)3)10-15-14-7-5-4-6-12(14)8-9-18-15/h4-7,13,15-16H,8-11H2,1-3H3. The molecule has 2 atom stereocenters. The van der Waals surface area contributed by atoms with Gasteiger partial charge in [-0.1, -0.05) is 24.3 Å². The van der Waals surface area contributed by atoms with Crippen molar-refractivity contribution in [2.45, 2.75) is 25.0 Å². The molecule has 0 saturated carbocycles. The third kappa shape index (κ3) is 3.31. The second kappa shape index (κ2) is 6.32. The molecule has 0 saturated heterocycles. The summed E-state index contributed by atoms with van der Waals surface area (Å²) in [6.45, 7) is 1.89. The Labute approximate surface area is 110 Å². The van der Waals surface area contributed by atoms with Crippen molar-refractivity contribution in [1.29, 1.82) is 0 Å². The lowest BCUT2D eigenvalue weighted by Gasteiger charge is -2.30. The lowest BCUT2D eigenvalue weighted by Crippen LogP contribution is -2.38. The smallest absolute Gasteiger partial charge is 0.0843 e. The Morgan fingerprint density at radius 3 is 2.89 bits per heavy atom. The molecule has 0 radical (unpaired) electrons. The van der Waals surface area contributed by atoms with Crippen molar-refractivity contribution in [1.82, 2.24) is 10.2 Å². The molecule has 1 heterocycles. The van der Waals surface area contributed by atoms with Gasteiger partial charge in [0.05, 0.1) is 12.7 Å². The quantitative estimate of drug-likeness (QED) is 0.860. The molecule has 0 fully saturated rings. The highest BCUT2D eigenvalue weighted by molar-refractivity contribution is 5.31. The van der Waals surface area contributed by atoms with Crippen LogP contribution >= 0.6 is 0 Å². The molecule has 100 valence electrons. The van der Waals surface area contributed by atoms with E-state index in [2.05, 4.69) is 48.6 Å². The fraction of sp³-hybridized carbons (Fsp3) is 0.600. The lowest BCUT2D eigenvalue weighted by atomic mass is 9.93. The van der Waals surface area contributed by atoms with Crippen LogP contribution in [0.3, 0.4) is 0 Å². The first kappa shape index (κ1) is 13.5. The second-order valence-electron chi connectivity index (χ2n) is 5.29. The molecule has 0 aromatic heterocycles. The average molecular weight is 248 g/mol. The van der Waals surface area contributed by atoms with E-state index in [1.807, 2.05) is 7.05 Å². The number of rotatable bonds is 5. The van der Waals surface area contributed by atoms with Crippen LogP contribution in [0.4, 0.5) is 0 Å². The Hall–Kier alpha value is -0.900. The fourth-order valence-electron chi connectivity index (χ4n) is 2.65. The molecule has 1 aliphatic heterocycles. The summed E-state index contributed by atoms with van der Waals surface area (Å²) >= 11 is 0. The van der Waals surface area contributed by atoms with Crippen LogP contribution in [-0.2, 0) is 11.2 Å². The summed E-state index contributed by atoms with van der Waals surface area (Å²) in [6.07, 6.45) is 2.32. The van der Waals surface area contributed by atoms with Crippen LogP contribution in [0.1, 0.15) is 23.7 Å². The van der Waals surface area contributed by atoms with Gasteiger partial charge in [0, 0.05) is 12.6 Å². The summed E-state index contributed by atoms with van der Waals surface area (Å²) in [4.78, 5) is 2.22. The minimum atomic E-state index is 0.243. The first-order valence-corrected chi connectivity index (χ1v) is 6.72. The molecule has 0 bridgehead atoms. The minimum absolute atomic E-state index is 0.243. The minimum Gasteiger partial charge on any atom is -0.373 e. The van der Waals surface area contributed by atoms with Crippen LogP contribution in [0.5, 0.6) is 0 Å². The summed E-state index contributed by atoms with van der Waals surface area (Å²) < 4.78 is 5.96. The molecule has 18 heavy (non-hydrogen) atoms. The molecule has 1 aromatic rings. The molecule has 0 spiro atoms. The fourth-order valence-corrected chi connectivity index (χ4v) is 2.65. The van der Waals surface area contributed by atoms with Gasteiger partial charge in [-0.05, 0) is 45.1 Å². The van der Waals surface area contributed by atoms with Crippen LogP contribution in [0, 0.1) is 0 Å². The zero-order chi connectivity index (χ0) is 13.0. The van der Waals surface area contributed by atoms with Crippen molar-refractivity contribution in [2.75, 3.05) is 34.3 Å². The molecule has 1 N–H and O–H groups in total. The molecule has 2 unspecified atom stereocenters. The van der Waals surface area contributed by atoms with E-state index in [1.165, 1.54) is 11.1 Å². The van der Waals surface area contributed by atoms with E-state index in [0.29, 0.717) is 6.04 Å². The van der Waals surface area contributed by atoms with Gasteiger partial charge in [-0.15, -0.1) is 0 Å². The number of benzene rings is 1. The molecule has 1 aromatic carbocycles. The van der Waals surface area contributed by atoms with Gasteiger partial charge >= 0.3 is 0 Å². The van der Waals surface area contributed by atoms with Crippen LogP contribution in [-0.4, -0.2) is 45.2 Å². The van der Waals surface area contributed by atoms with Gasteiger partial charge in [0.15, 0.2) is 0 Å². The number of hydrogen-bond donors (Lipinski definition) is 1. The van der Waals surface area contributed by atoms with Gasteiger partial charge in [0.1, 0.15) is 0 Å². The molecule has 0 amide bonds. The molecular formula is C15H24N2O. The number of hydrogen-bond acceptors (Lipinski definition) is 3. The van der Waals surface area contributed by atoms with Crippen LogP contribution in [0.25, 0.3) is 0 Å². The van der Waals surface area contributed by atoms with E-state index >= 15 is 0 Å². The van der Waals surface area contributed by atoms with E-state index in [4.69, 9.17) is 4.74 Å². The molecular weight excluding hydrogens is 224 g/mol. The molecule has 3 nitrogen and oxygen atoms in total. The Kier molecular flexibility index (Phi) is 4.75. The van der Waals surface area contributed by atoms with E-state index in [-0.39, 0.29) is 6.10 Å². The van der Waals surface area contributed by atoms with E-state index in [9.17, 15) is 0 Å². The predicted octanol–water partition coefficient (Wildman–Crippen LogP) is 1.84. The van der Waals surface area contributed by atoms with E-state index < -0.39 is 0 Å². The van der Waals surface area contributed by atoms with Crippen molar-refractivity contribution in [2.24, 2.45) is 0 Å². The van der Waals surface area contributed by atoms with Gasteiger partial charge < -0.3 is 15.0 Å². The Bertz CT molecular complexity index is 379.